The summed E-state index contributed by atoms with van der Waals surface area (Å²) >= 11 is 0. The van der Waals surface area contributed by atoms with Crippen LogP contribution in [0.1, 0.15) is 43.7 Å². The molecule has 0 radical (unpaired) electrons. The minimum Gasteiger partial charge on any atom is -0.496 e. The number of nitrogens with one attached hydrogen (secondary N) is 2. The lowest BCUT2D eigenvalue weighted by molar-refractivity contribution is 0.407. The van der Waals surface area contributed by atoms with Crippen LogP contribution in [0.5, 0.6) is 5.75 Å². The Labute approximate surface area is 116 Å². The van der Waals surface area contributed by atoms with E-state index < -0.39 is 0 Å². The average molecular weight is 262 g/mol. The largest absolute Gasteiger partial charge is 0.496 e. The Bertz CT molecular complexity index is 400. The second-order valence-corrected chi connectivity index (χ2v) is 5.63. The summed E-state index contributed by atoms with van der Waals surface area (Å²) in [4.78, 5) is 0. The van der Waals surface area contributed by atoms with Gasteiger partial charge in [0.1, 0.15) is 5.75 Å². The molecule has 0 aliphatic heterocycles. The molecule has 1 saturated carbocycles. The van der Waals surface area contributed by atoms with Crippen molar-refractivity contribution in [1.82, 2.24) is 10.6 Å². The van der Waals surface area contributed by atoms with Gasteiger partial charge in [-0.05, 0) is 30.4 Å². The van der Waals surface area contributed by atoms with Gasteiger partial charge in [0.15, 0.2) is 0 Å². The van der Waals surface area contributed by atoms with E-state index in [0.717, 1.165) is 31.4 Å². The smallest absolute Gasteiger partial charge is 0.123 e. The molecule has 106 valence electrons. The van der Waals surface area contributed by atoms with Gasteiger partial charge in [-0.2, -0.15) is 0 Å². The van der Waals surface area contributed by atoms with Crippen LogP contribution in [0.4, 0.5) is 0 Å². The lowest BCUT2D eigenvalue weighted by Gasteiger charge is -2.13. The maximum Gasteiger partial charge on any atom is 0.123 e. The monoisotopic (exact) mass is 262 g/mol. The first kappa shape index (κ1) is 14.4. The second-order valence-electron chi connectivity index (χ2n) is 5.63. The fraction of sp³-hybridized carbons (Fsp3) is 0.625. The van der Waals surface area contributed by atoms with E-state index in [9.17, 15) is 0 Å². The maximum atomic E-state index is 5.49. The Morgan fingerprint density at radius 2 is 2.05 bits per heavy atom. The van der Waals surface area contributed by atoms with Crippen molar-refractivity contribution in [3.63, 3.8) is 0 Å². The van der Waals surface area contributed by atoms with Crippen molar-refractivity contribution in [3.05, 3.63) is 29.3 Å². The van der Waals surface area contributed by atoms with Crippen molar-refractivity contribution in [2.75, 3.05) is 20.2 Å². The quantitative estimate of drug-likeness (QED) is 0.707. The number of hydrogen-bond acceptors (Lipinski definition) is 3. The summed E-state index contributed by atoms with van der Waals surface area (Å²) in [6.07, 6.45) is 2.70. The number of ether oxygens (including phenoxy) is 1. The van der Waals surface area contributed by atoms with Crippen LogP contribution in [0.15, 0.2) is 18.2 Å². The first-order chi connectivity index (χ1) is 9.20. The predicted octanol–water partition coefficient (Wildman–Crippen LogP) is 2.66. The molecule has 0 unspecified atom stereocenters. The molecule has 0 saturated heterocycles. The summed E-state index contributed by atoms with van der Waals surface area (Å²) in [6.45, 7) is 7.34. The molecule has 3 nitrogen and oxygen atoms in total. The summed E-state index contributed by atoms with van der Waals surface area (Å²) in [5, 5.41) is 6.97. The minimum absolute atomic E-state index is 0.540. The molecule has 1 aliphatic rings. The third-order valence-corrected chi connectivity index (χ3v) is 3.61. The predicted molar refractivity (Wildman–Crippen MR) is 79.8 cm³/mol. The number of methoxy groups -OCH3 is 1. The van der Waals surface area contributed by atoms with E-state index in [0.29, 0.717) is 5.92 Å². The third kappa shape index (κ3) is 4.51. The SMILES string of the molecule is COc1cc(C(C)C)ccc1CNCCNC1CC1. The highest BCUT2D eigenvalue weighted by Crippen LogP contribution is 2.24. The van der Waals surface area contributed by atoms with Crippen molar-refractivity contribution in [2.45, 2.75) is 45.2 Å². The Balaban J connectivity index is 1.80. The molecule has 0 bridgehead atoms. The van der Waals surface area contributed by atoms with Crippen molar-refractivity contribution in [1.29, 1.82) is 0 Å². The molecule has 0 aromatic heterocycles. The highest BCUT2D eigenvalue weighted by molar-refractivity contribution is 5.38. The summed E-state index contributed by atoms with van der Waals surface area (Å²) in [6, 6.07) is 7.33. The van der Waals surface area contributed by atoms with Gasteiger partial charge in [0.25, 0.3) is 0 Å². The van der Waals surface area contributed by atoms with Gasteiger partial charge >= 0.3 is 0 Å². The molecule has 19 heavy (non-hydrogen) atoms. The van der Waals surface area contributed by atoms with E-state index in [4.69, 9.17) is 4.74 Å². The van der Waals surface area contributed by atoms with Gasteiger partial charge in [-0.15, -0.1) is 0 Å². The Morgan fingerprint density at radius 1 is 1.26 bits per heavy atom. The van der Waals surface area contributed by atoms with Gasteiger partial charge in [-0.3, -0.25) is 0 Å². The summed E-state index contributed by atoms with van der Waals surface area (Å²) < 4.78 is 5.49. The first-order valence-corrected chi connectivity index (χ1v) is 7.31. The maximum absolute atomic E-state index is 5.49. The molecule has 2 rings (SSSR count). The number of hydrogen-bond donors (Lipinski definition) is 2. The Hall–Kier alpha value is -1.06. The normalized spacial score (nSPS) is 14.9. The van der Waals surface area contributed by atoms with Crippen molar-refractivity contribution in [2.24, 2.45) is 0 Å². The average Bonchev–Trinajstić information content (AvgIpc) is 3.22. The molecular formula is C16H26N2O. The number of rotatable bonds is 8. The molecule has 1 fully saturated rings. The van der Waals surface area contributed by atoms with Crippen molar-refractivity contribution < 1.29 is 4.74 Å². The molecule has 0 atom stereocenters. The minimum atomic E-state index is 0.540. The summed E-state index contributed by atoms with van der Waals surface area (Å²) in [5.74, 6) is 1.53. The van der Waals surface area contributed by atoms with Gasteiger partial charge in [-0.1, -0.05) is 26.0 Å². The lowest BCUT2D eigenvalue weighted by Crippen LogP contribution is -2.28. The van der Waals surface area contributed by atoms with E-state index in [-0.39, 0.29) is 0 Å². The van der Waals surface area contributed by atoms with Crippen LogP contribution < -0.4 is 15.4 Å². The molecule has 2 N–H and O–H groups in total. The molecule has 0 amide bonds. The lowest BCUT2D eigenvalue weighted by atomic mass is 10.0. The topological polar surface area (TPSA) is 33.3 Å². The van der Waals surface area contributed by atoms with Crippen LogP contribution in [-0.2, 0) is 6.54 Å². The molecule has 1 aliphatic carbocycles. The van der Waals surface area contributed by atoms with Crippen LogP contribution in [0.2, 0.25) is 0 Å². The van der Waals surface area contributed by atoms with E-state index in [1.54, 1.807) is 7.11 Å². The summed E-state index contributed by atoms with van der Waals surface area (Å²) in [7, 11) is 1.75. The van der Waals surface area contributed by atoms with E-state index in [1.165, 1.54) is 24.0 Å². The van der Waals surface area contributed by atoms with E-state index in [2.05, 4.69) is 42.7 Å². The highest BCUT2D eigenvalue weighted by atomic mass is 16.5. The van der Waals surface area contributed by atoms with Gasteiger partial charge in [0.05, 0.1) is 7.11 Å². The molecule has 1 aromatic carbocycles. The van der Waals surface area contributed by atoms with Crippen LogP contribution >= 0.6 is 0 Å². The summed E-state index contributed by atoms with van der Waals surface area (Å²) in [5.41, 5.74) is 2.56. The van der Waals surface area contributed by atoms with Crippen LogP contribution in [0.3, 0.4) is 0 Å². The zero-order valence-electron chi connectivity index (χ0n) is 12.3. The number of benzene rings is 1. The Morgan fingerprint density at radius 3 is 2.68 bits per heavy atom. The van der Waals surface area contributed by atoms with Gasteiger partial charge in [0, 0.05) is 31.2 Å². The Kier molecular flexibility index (Phi) is 5.23. The van der Waals surface area contributed by atoms with Crippen LogP contribution in [0, 0.1) is 0 Å². The highest BCUT2D eigenvalue weighted by Gasteiger charge is 2.19. The van der Waals surface area contributed by atoms with Crippen LogP contribution in [0.25, 0.3) is 0 Å². The van der Waals surface area contributed by atoms with E-state index in [1.807, 2.05) is 0 Å². The first-order valence-electron chi connectivity index (χ1n) is 7.31. The van der Waals surface area contributed by atoms with Gasteiger partial charge in [0.2, 0.25) is 0 Å². The zero-order valence-corrected chi connectivity index (χ0v) is 12.3. The zero-order chi connectivity index (χ0) is 13.7. The van der Waals surface area contributed by atoms with Crippen molar-refractivity contribution >= 4 is 0 Å². The molecule has 0 heterocycles. The fourth-order valence-electron chi connectivity index (χ4n) is 2.14. The second kappa shape index (κ2) is 6.92. The van der Waals surface area contributed by atoms with Crippen molar-refractivity contribution in [3.8, 4) is 5.75 Å². The molecular weight excluding hydrogens is 236 g/mol. The van der Waals surface area contributed by atoms with E-state index >= 15 is 0 Å². The van der Waals surface area contributed by atoms with Gasteiger partial charge < -0.3 is 15.4 Å². The molecule has 0 spiro atoms. The van der Waals surface area contributed by atoms with Crippen LogP contribution in [-0.4, -0.2) is 26.2 Å². The third-order valence-electron chi connectivity index (χ3n) is 3.61. The fourth-order valence-corrected chi connectivity index (χ4v) is 2.14. The molecule has 3 heteroatoms. The van der Waals surface area contributed by atoms with Gasteiger partial charge in [-0.25, -0.2) is 0 Å². The standard InChI is InChI=1S/C16H26N2O/c1-12(2)13-4-5-14(16(10-13)19-3)11-17-8-9-18-15-6-7-15/h4-5,10,12,15,17-18H,6-9,11H2,1-3H3. The molecule has 1 aromatic rings.